The molecule has 19 heavy (non-hydrogen) atoms. The summed E-state index contributed by atoms with van der Waals surface area (Å²) in [5, 5.41) is 0. The zero-order valence-corrected chi connectivity index (χ0v) is 12.1. The number of ether oxygens (including phenoxy) is 1. The number of rotatable bonds is 4. The first kappa shape index (κ1) is 13.8. The molecule has 3 heteroatoms. The van der Waals surface area contributed by atoms with Gasteiger partial charge in [0.25, 0.3) is 0 Å². The maximum Gasteiger partial charge on any atom is 0.338 e. The summed E-state index contributed by atoms with van der Waals surface area (Å²) in [6.45, 7) is 8.65. The number of carbonyl (C=O) groups is 1. The van der Waals surface area contributed by atoms with Crippen LogP contribution in [0.2, 0.25) is 0 Å². The average molecular weight is 259 g/mol. The van der Waals surface area contributed by atoms with Crippen LogP contribution in [0.4, 0.5) is 5.69 Å². The first-order valence-corrected chi connectivity index (χ1v) is 6.96. The van der Waals surface area contributed by atoms with Crippen LogP contribution in [0.5, 0.6) is 0 Å². The Hall–Kier alpha value is -1.64. The van der Waals surface area contributed by atoms with Crippen molar-refractivity contribution < 1.29 is 9.53 Å². The van der Waals surface area contributed by atoms with Gasteiger partial charge in [0.1, 0.15) is 0 Å². The number of carbonyl (C=O) groups excluding carboxylic acids is 1. The number of esters is 1. The molecule has 1 aromatic carbocycles. The number of aliphatic imine (C=N–C) groups is 1. The lowest BCUT2D eigenvalue weighted by atomic mass is 9.73. The summed E-state index contributed by atoms with van der Waals surface area (Å²) in [5.74, 6) is -0.254. The van der Waals surface area contributed by atoms with Crippen molar-refractivity contribution in [1.82, 2.24) is 0 Å². The molecule has 0 atom stereocenters. The number of hydrogen-bond acceptors (Lipinski definition) is 3. The van der Waals surface area contributed by atoms with Crippen LogP contribution in [-0.4, -0.2) is 18.3 Å². The quantitative estimate of drug-likeness (QED) is 0.766. The average Bonchev–Trinajstić information content (AvgIpc) is 2.70. The third-order valence-corrected chi connectivity index (χ3v) is 4.21. The van der Waals surface area contributed by atoms with E-state index in [1.165, 1.54) is 5.56 Å². The molecule has 0 fully saturated rings. The molecule has 0 aromatic heterocycles. The standard InChI is InChI=1S/C16H21NO2/c1-5-16(6-2)11(4)17-14-9-8-12(10-13(14)16)15(18)19-7-3/h8-10H,5-7H2,1-4H3. The van der Waals surface area contributed by atoms with Crippen molar-refractivity contribution in [2.24, 2.45) is 4.99 Å². The van der Waals surface area contributed by atoms with E-state index in [0.29, 0.717) is 12.2 Å². The lowest BCUT2D eigenvalue weighted by molar-refractivity contribution is 0.0526. The number of nitrogens with zero attached hydrogens (tertiary/aromatic N) is 1. The molecule has 0 bridgehead atoms. The van der Waals surface area contributed by atoms with Crippen molar-refractivity contribution in [3.05, 3.63) is 29.3 Å². The fourth-order valence-corrected chi connectivity index (χ4v) is 2.98. The molecular formula is C16H21NO2. The van der Waals surface area contributed by atoms with Gasteiger partial charge in [-0.2, -0.15) is 0 Å². The van der Waals surface area contributed by atoms with E-state index in [1.807, 2.05) is 19.1 Å². The first-order valence-electron chi connectivity index (χ1n) is 6.96. The third-order valence-electron chi connectivity index (χ3n) is 4.21. The predicted octanol–water partition coefficient (Wildman–Crippen LogP) is 4.03. The summed E-state index contributed by atoms with van der Waals surface area (Å²) < 4.78 is 5.07. The van der Waals surface area contributed by atoms with Gasteiger partial charge in [-0.3, -0.25) is 4.99 Å². The first-order chi connectivity index (χ1) is 9.08. The summed E-state index contributed by atoms with van der Waals surface area (Å²) >= 11 is 0. The van der Waals surface area contributed by atoms with E-state index in [0.717, 1.165) is 24.2 Å². The minimum Gasteiger partial charge on any atom is -0.462 e. The lowest BCUT2D eigenvalue weighted by Crippen LogP contribution is -2.29. The molecule has 0 amide bonds. The van der Waals surface area contributed by atoms with Gasteiger partial charge in [0, 0.05) is 11.1 Å². The van der Waals surface area contributed by atoms with Crippen molar-refractivity contribution >= 4 is 17.4 Å². The highest BCUT2D eigenvalue weighted by atomic mass is 16.5. The molecule has 1 heterocycles. The van der Waals surface area contributed by atoms with E-state index >= 15 is 0 Å². The van der Waals surface area contributed by atoms with Gasteiger partial charge in [-0.25, -0.2) is 4.79 Å². The van der Waals surface area contributed by atoms with E-state index in [4.69, 9.17) is 4.74 Å². The second-order valence-corrected chi connectivity index (χ2v) is 4.94. The Morgan fingerprint density at radius 1 is 1.26 bits per heavy atom. The number of fused-ring (bicyclic) bond motifs is 1. The molecule has 1 aliphatic heterocycles. The normalized spacial score (nSPS) is 15.9. The Morgan fingerprint density at radius 2 is 1.95 bits per heavy atom. The van der Waals surface area contributed by atoms with Crippen LogP contribution in [0.1, 0.15) is 56.5 Å². The van der Waals surface area contributed by atoms with Crippen molar-refractivity contribution in [3.63, 3.8) is 0 Å². The Bertz CT molecular complexity index is 528. The maximum absolute atomic E-state index is 11.9. The topological polar surface area (TPSA) is 38.7 Å². The molecule has 0 N–H and O–H groups in total. The highest BCUT2D eigenvalue weighted by molar-refractivity contribution is 6.01. The molecule has 3 nitrogen and oxygen atoms in total. The predicted molar refractivity (Wildman–Crippen MR) is 77.4 cm³/mol. The van der Waals surface area contributed by atoms with E-state index < -0.39 is 0 Å². The fraction of sp³-hybridized carbons (Fsp3) is 0.500. The van der Waals surface area contributed by atoms with Crippen LogP contribution in [0, 0.1) is 0 Å². The Morgan fingerprint density at radius 3 is 2.53 bits per heavy atom. The summed E-state index contributed by atoms with van der Waals surface area (Å²) in [5.41, 5.74) is 3.91. The molecule has 2 rings (SSSR count). The zero-order valence-electron chi connectivity index (χ0n) is 12.1. The van der Waals surface area contributed by atoms with Crippen LogP contribution >= 0.6 is 0 Å². The van der Waals surface area contributed by atoms with Gasteiger partial charge in [0.2, 0.25) is 0 Å². The van der Waals surface area contributed by atoms with E-state index in [2.05, 4.69) is 25.8 Å². The Labute approximate surface area is 114 Å². The summed E-state index contributed by atoms with van der Waals surface area (Å²) in [6.07, 6.45) is 2.00. The lowest BCUT2D eigenvalue weighted by Gasteiger charge is -2.28. The van der Waals surface area contributed by atoms with Crippen molar-refractivity contribution in [2.45, 2.75) is 46.0 Å². The molecule has 0 saturated heterocycles. The van der Waals surface area contributed by atoms with E-state index in [9.17, 15) is 4.79 Å². The Balaban J connectivity index is 2.48. The van der Waals surface area contributed by atoms with Crippen LogP contribution < -0.4 is 0 Å². The van der Waals surface area contributed by atoms with Crippen LogP contribution in [0.3, 0.4) is 0 Å². The van der Waals surface area contributed by atoms with Gasteiger partial charge in [-0.1, -0.05) is 13.8 Å². The molecule has 0 aliphatic carbocycles. The SMILES string of the molecule is CCOC(=O)c1ccc2c(c1)C(CC)(CC)C(C)=N2. The number of hydrogen-bond donors (Lipinski definition) is 0. The van der Waals surface area contributed by atoms with Gasteiger partial charge < -0.3 is 4.74 Å². The molecule has 102 valence electrons. The van der Waals surface area contributed by atoms with Crippen molar-refractivity contribution in [1.29, 1.82) is 0 Å². The monoisotopic (exact) mass is 259 g/mol. The Kier molecular flexibility index (Phi) is 3.74. The molecule has 0 saturated carbocycles. The second kappa shape index (κ2) is 5.16. The summed E-state index contributed by atoms with van der Waals surface area (Å²) in [6, 6.07) is 5.69. The van der Waals surface area contributed by atoms with Gasteiger partial charge in [-0.15, -0.1) is 0 Å². The minimum atomic E-state index is -0.254. The zero-order chi connectivity index (χ0) is 14.0. The van der Waals surface area contributed by atoms with Crippen molar-refractivity contribution in [2.75, 3.05) is 6.61 Å². The van der Waals surface area contributed by atoms with E-state index in [1.54, 1.807) is 6.07 Å². The minimum absolute atomic E-state index is 0.0160. The highest BCUT2D eigenvalue weighted by Crippen LogP contribution is 2.45. The summed E-state index contributed by atoms with van der Waals surface area (Å²) in [7, 11) is 0. The van der Waals surface area contributed by atoms with E-state index in [-0.39, 0.29) is 11.4 Å². The van der Waals surface area contributed by atoms with Crippen LogP contribution in [-0.2, 0) is 10.2 Å². The van der Waals surface area contributed by atoms with Gasteiger partial charge >= 0.3 is 5.97 Å². The largest absolute Gasteiger partial charge is 0.462 e. The third kappa shape index (κ3) is 2.07. The van der Waals surface area contributed by atoms with Gasteiger partial charge in [0.05, 0.1) is 17.9 Å². The highest BCUT2D eigenvalue weighted by Gasteiger charge is 2.38. The second-order valence-electron chi connectivity index (χ2n) is 4.94. The summed E-state index contributed by atoms with van der Waals surface area (Å²) in [4.78, 5) is 16.5. The molecule has 1 aromatic rings. The van der Waals surface area contributed by atoms with Gasteiger partial charge in [0.15, 0.2) is 0 Å². The smallest absolute Gasteiger partial charge is 0.338 e. The molecule has 0 unspecified atom stereocenters. The number of benzene rings is 1. The van der Waals surface area contributed by atoms with Crippen LogP contribution in [0.15, 0.2) is 23.2 Å². The molecule has 1 aliphatic rings. The fourth-order valence-electron chi connectivity index (χ4n) is 2.98. The molecule has 0 radical (unpaired) electrons. The van der Waals surface area contributed by atoms with Crippen LogP contribution in [0.25, 0.3) is 0 Å². The molecular weight excluding hydrogens is 238 g/mol. The maximum atomic E-state index is 11.9. The van der Waals surface area contributed by atoms with Gasteiger partial charge in [-0.05, 0) is 50.5 Å². The van der Waals surface area contributed by atoms with Crippen molar-refractivity contribution in [3.8, 4) is 0 Å². The molecule has 0 spiro atoms.